The summed E-state index contributed by atoms with van der Waals surface area (Å²) in [6, 6.07) is 18.8. The van der Waals surface area contributed by atoms with E-state index in [1.165, 1.54) is 0 Å². The van der Waals surface area contributed by atoms with Gasteiger partial charge >= 0.3 is 11.7 Å². The molecule has 0 radical (unpaired) electrons. The van der Waals surface area contributed by atoms with E-state index < -0.39 is 6.23 Å². The maximum Gasteiger partial charge on any atom is 0.338 e. The summed E-state index contributed by atoms with van der Waals surface area (Å²) in [6.07, 6.45) is 3.08. The number of benzene rings is 2. The van der Waals surface area contributed by atoms with E-state index in [1.54, 1.807) is 35.0 Å². The molecule has 7 heteroatoms. The normalized spacial score (nSPS) is 18.3. The quantitative estimate of drug-likeness (QED) is 0.480. The predicted molar refractivity (Wildman–Crippen MR) is 115 cm³/mol. The van der Waals surface area contributed by atoms with Gasteiger partial charge in [-0.2, -0.15) is 0 Å². The van der Waals surface area contributed by atoms with Crippen molar-refractivity contribution >= 4 is 18.2 Å². The summed E-state index contributed by atoms with van der Waals surface area (Å²) >= 11 is 5.35. The first-order chi connectivity index (χ1) is 14.6. The highest BCUT2D eigenvalue weighted by molar-refractivity contribution is 7.71. The van der Waals surface area contributed by atoms with Crippen molar-refractivity contribution in [1.29, 1.82) is 0 Å². The van der Waals surface area contributed by atoms with Crippen LogP contribution in [0.15, 0.2) is 71.7 Å². The lowest BCUT2D eigenvalue weighted by Gasteiger charge is -2.17. The fraction of sp³-hybridized carbons (Fsp3) is 0.261. The Morgan fingerprint density at radius 1 is 1.10 bits per heavy atom. The molecule has 1 saturated heterocycles. The Bertz CT molecular complexity index is 1130. The van der Waals surface area contributed by atoms with Crippen LogP contribution in [0.2, 0.25) is 0 Å². The van der Waals surface area contributed by atoms with Crippen LogP contribution in [-0.2, 0) is 15.9 Å². The second kappa shape index (κ2) is 9.19. The number of carbonyl (C=O) groups excluding carboxylic acids is 1. The molecule has 6 nitrogen and oxygen atoms in total. The Morgan fingerprint density at radius 3 is 2.53 bits per heavy atom. The van der Waals surface area contributed by atoms with Gasteiger partial charge in [0.15, 0.2) is 0 Å². The zero-order valence-corrected chi connectivity index (χ0v) is 17.1. The van der Waals surface area contributed by atoms with Gasteiger partial charge in [-0.1, -0.05) is 60.7 Å². The van der Waals surface area contributed by atoms with Gasteiger partial charge < -0.3 is 9.47 Å². The van der Waals surface area contributed by atoms with Crippen LogP contribution in [0.25, 0.3) is 0 Å². The highest BCUT2D eigenvalue weighted by Gasteiger charge is 2.28. The maximum atomic E-state index is 12.5. The molecule has 1 aliphatic rings. The van der Waals surface area contributed by atoms with E-state index in [1.807, 2.05) is 36.4 Å². The topological polar surface area (TPSA) is 73.3 Å². The number of nitrogens with one attached hydrogen (secondary N) is 1. The fourth-order valence-electron chi connectivity index (χ4n) is 3.52. The van der Waals surface area contributed by atoms with Crippen LogP contribution in [0.1, 0.15) is 40.6 Å². The number of aromatic amines is 1. The van der Waals surface area contributed by atoms with Crippen LogP contribution >= 0.6 is 12.2 Å². The number of ether oxygens (including phenoxy) is 2. The molecule has 4 rings (SSSR count). The lowest BCUT2D eigenvalue weighted by molar-refractivity contribution is -0.0340. The molecule has 0 unspecified atom stereocenters. The number of nitrogens with zero attached hydrogens (tertiary/aromatic N) is 1. The Labute approximate surface area is 179 Å². The van der Waals surface area contributed by atoms with Gasteiger partial charge in [-0.3, -0.25) is 9.55 Å². The minimum atomic E-state index is -0.417. The van der Waals surface area contributed by atoms with E-state index in [-0.39, 0.29) is 24.4 Å². The SMILES string of the molecule is O=C(OC[C@@H]1CC[C@H](n2cc(Cc3ccccc3)c(=S)[nH]c2=O)O1)c1ccccc1. The summed E-state index contributed by atoms with van der Waals surface area (Å²) in [5, 5.41) is 0. The molecule has 2 aromatic carbocycles. The van der Waals surface area contributed by atoms with E-state index in [9.17, 15) is 9.59 Å². The van der Waals surface area contributed by atoms with Crippen molar-refractivity contribution in [3.8, 4) is 0 Å². The molecule has 1 aromatic heterocycles. The zero-order chi connectivity index (χ0) is 20.9. The molecule has 1 N–H and O–H groups in total. The van der Waals surface area contributed by atoms with Crippen molar-refractivity contribution in [3.05, 3.63) is 98.7 Å². The molecule has 0 bridgehead atoms. The standard InChI is InChI=1S/C23H22N2O4S/c26-22(17-9-5-2-6-10-17)28-15-19-11-12-20(29-19)25-14-18(21(30)24-23(25)27)13-16-7-3-1-4-8-16/h1-10,14,19-20H,11-13,15H2,(H,24,27,30)/t19-,20+/m0/s1. The monoisotopic (exact) mass is 422 g/mol. The number of carbonyl (C=O) groups is 1. The maximum absolute atomic E-state index is 12.5. The first kappa shape index (κ1) is 20.3. The second-order valence-electron chi connectivity index (χ2n) is 7.24. The predicted octanol–water partition coefficient (Wildman–Crippen LogP) is 4.03. The molecule has 1 fully saturated rings. The molecular formula is C23H22N2O4S. The van der Waals surface area contributed by atoms with Crippen LogP contribution < -0.4 is 5.69 Å². The molecule has 0 spiro atoms. The minimum Gasteiger partial charge on any atom is -0.459 e. The lowest BCUT2D eigenvalue weighted by Crippen LogP contribution is -2.28. The first-order valence-corrected chi connectivity index (χ1v) is 10.3. The smallest absolute Gasteiger partial charge is 0.338 e. The van der Waals surface area contributed by atoms with Gasteiger partial charge in [-0.05, 0) is 30.5 Å². The average Bonchev–Trinajstić information content (AvgIpc) is 3.24. The number of hydrogen-bond donors (Lipinski definition) is 1. The molecule has 30 heavy (non-hydrogen) atoms. The summed E-state index contributed by atoms with van der Waals surface area (Å²) in [7, 11) is 0. The van der Waals surface area contributed by atoms with Gasteiger partial charge in [0.1, 0.15) is 17.5 Å². The number of H-pyrrole nitrogens is 1. The van der Waals surface area contributed by atoms with E-state index in [0.717, 1.165) is 11.1 Å². The van der Waals surface area contributed by atoms with Gasteiger partial charge in [-0.25, -0.2) is 9.59 Å². The van der Waals surface area contributed by atoms with Gasteiger partial charge in [0.2, 0.25) is 0 Å². The van der Waals surface area contributed by atoms with Crippen molar-refractivity contribution in [2.75, 3.05) is 6.61 Å². The Balaban J connectivity index is 1.42. The zero-order valence-electron chi connectivity index (χ0n) is 16.3. The third-order valence-electron chi connectivity index (χ3n) is 5.08. The number of esters is 1. The van der Waals surface area contributed by atoms with E-state index in [0.29, 0.717) is 29.5 Å². The van der Waals surface area contributed by atoms with Crippen molar-refractivity contribution in [2.45, 2.75) is 31.6 Å². The molecule has 3 aromatic rings. The van der Waals surface area contributed by atoms with E-state index in [2.05, 4.69) is 4.98 Å². The van der Waals surface area contributed by atoms with Crippen molar-refractivity contribution in [1.82, 2.24) is 9.55 Å². The van der Waals surface area contributed by atoms with Crippen LogP contribution in [0.4, 0.5) is 0 Å². The van der Waals surface area contributed by atoms with Gasteiger partial charge in [-0.15, -0.1) is 0 Å². The summed E-state index contributed by atoms with van der Waals surface area (Å²) < 4.78 is 13.3. The van der Waals surface area contributed by atoms with Crippen LogP contribution in [0, 0.1) is 4.64 Å². The molecule has 0 aliphatic carbocycles. The van der Waals surface area contributed by atoms with E-state index >= 15 is 0 Å². The first-order valence-electron chi connectivity index (χ1n) is 9.86. The van der Waals surface area contributed by atoms with Crippen LogP contribution in [0.3, 0.4) is 0 Å². The summed E-state index contributed by atoms with van der Waals surface area (Å²) in [5.41, 5.74) is 2.17. The second-order valence-corrected chi connectivity index (χ2v) is 7.65. The number of hydrogen-bond acceptors (Lipinski definition) is 5. The molecule has 1 aliphatic heterocycles. The molecule has 2 atom stereocenters. The largest absolute Gasteiger partial charge is 0.459 e. The van der Waals surface area contributed by atoms with Crippen molar-refractivity contribution in [2.24, 2.45) is 0 Å². The number of rotatable bonds is 6. The molecule has 2 heterocycles. The highest BCUT2D eigenvalue weighted by Crippen LogP contribution is 2.28. The molecule has 154 valence electrons. The molecule has 0 amide bonds. The Morgan fingerprint density at radius 2 is 1.80 bits per heavy atom. The Kier molecular flexibility index (Phi) is 6.21. The molecular weight excluding hydrogens is 400 g/mol. The van der Waals surface area contributed by atoms with Crippen molar-refractivity contribution in [3.63, 3.8) is 0 Å². The van der Waals surface area contributed by atoms with E-state index in [4.69, 9.17) is 21.7 Å². The Hall–Kier alpha value is -3.03. The third kappa shape index (κ3) is 4.75. The third-order valence-corrected chi connectivity index (χ3v) is 5.45. The van der Waals surface area contributed by atoms with Crippen LogP contribution in [0.5, 0.6) is 0 Å². The number of aromatic nitrogens is 2. The minimum absolute atomic E-state index is 0.151. The fourth-order valence-corrected chi connectivity index (χ4v) is 3.74. The summed E-state index contributed by atoms with van der Waals surface area (Å²) in [5.74, 6) is -0.381. The van der Waals surface area contributed by atoms with Gasteiger partial charge in [0.25, 0.3) is 0 Å². The summed E-state index contributed by atoms with van der Waals surface area (Å²) in [4.78, 5) is 27.3. The average molecular weight is 423 g/mol. The summed E-state index contributed by atoms with van der Waals surface area (Å²) in [6.45, 7) is 0.151. The van der Waals surface area contributed by atoms with Gasteiger partial charge in [0, 0.05) is 18.2 Å². The molecule has 0 saturated carbocycles. The van der Waals surface area contributed by atoms with Crippen molar-refractivity contribution < 1.29 is 14.3 Å². The van der Waals surface area contributed by atoms with Crippen LogP contribution in [-0.4, -0.2) is 28.2 Å². The lowest BCUT2D eigenvalue weighted by atomic mass is 10.1. The highest BCUT2D eigenvalue weighted by atomic mass is 32.1. The van der Waals surface area contributed by atoms with Gasteiger partial charge in [0.05, 0.1) is 11.7 Å².